The molecule has 0 unspecified atom stereocenters. The van der Waals surface area contributed by atoms with Crippen LogP contribution < -0.4 is 0 Å². The van der Waals surface area contributed by atoms with E-state index in [1.807, 2.05) is 30.3 Å². The number of esters is 1. The summed E-state index contributed by atoms with van der Waals surface area (Å²) < 4.78 is 32.4. The maximum absolute atomic E-state index is 14.0. The lowest BCUT2D eigenvalue weighted by Crippen LogP contribution is -2.44. The zero-order valence-corrected chi connectivity index (χ0v) is 11.3. The van der Waals surface area contributed by atoms with Gasteiger partial charge in [0.25, 0.3) is 5.92 Å². The van der Waals surface area contributed by atoms with Crippen LogP contribution in [0.1, 0.15) is 12.0 Å². The summed E-state index contributed by atoms with van der Waals surface area (Å²) >= 11 is 0. The predicted octanol–water partition coefficient (Wildman–Crippen LogP) is 2.63. The molecule has 0 amide bonds. The van der Waals surface area contributed by atoms with Gasteiger partial charge in [-0.3, -0.25) is 4.90 Å². The maximum atomic E-state index is 14.0. The van der Waals surface area contributed by atoms with Crippen LogP contribution in [0.25, 0.3) is 0 Å². The van der Waals surface area contributed by atoms with Crippen LogP contribution in [0, 0.1) is 0 Å². The molecule has 0 N–H and O–H groups in total. The van der Waals surface area contributed by atoms with Crippen molar-refractivity contribution in [1.29, 1.82) is 0 Å². The molecule has 5 heteroatoms. The van der Waals surface area contributed by atoms with Crippen LogP contribution in [0.15, 0.2) is 42.0 Å². The van der Waals surface area contributed by atoms with Crippen LogP contribution in [0.2, 0.25) is 0 Å². The van der Waals surface area contributed by atoms with Gasteiger partial charge in [0, 0.05) is 24.7 Å². The van der Waals surface area contributed by atoms with Gasteiger partial charge < -0.3 is 4.74 Å². The first kappa shape index (κ1) is 14.7. The van der Waals surface area contributed by atoms with Crippen molar-refractivity contribution in [2.45, 2.75) is 18.9 Å². The fourth-order valence-corrected chi connectivity index (χ4v) is 2.28. The van der Waals surface area contributed by atoms with Gasteiger partial charge in [-0.15, -0.1) is 0 Å². The van der Waals surface area contributed by atoms with E-state index in [1.54, 1.807) is 4.90 Å². The molecular weight excluding hydrogens is 264 g/mol. The van der Waals surface area contributed by atoms with E-state index in [1.165, 1.54) is 7.11 Å². The molecule has 1 aromatic rings. The normalized spacial score (nSPS) is 20.9. The van der Waals surface area contributed by atoms with Crippen molar-refractivity contribution in [1.82, 2.24) is 4.90 Å². The highest BCUT2D eigenvalue weighted by molar-refractivity contribution is 5.83. The van der Waals surface area contributed by atoms with Gasteiger partial charge in [0.05, 0.1) is 13.7 Å². The monoisotopic (exact) mass is 281 g/mol. The van der Waals surface area contributed by atoms with Crippen molar-refractivity contribution >= 4 is 5.97 Å². The molecule has 0 aliphatic carbocycles. The summed E-state index contributed by atoms with van der Waals surface area (Å²) in [5.41, 5.74) is 0.859. The lowest BCUT2D eigenvalue weighted by atomic mass is 9.99. The average Bonchev–Trinajstić information content (AvgIpc) is 2.42. The third kappa shape index (κ3) is 3.63. The Balaban J connectivity index is 2.03. The number of ether oxygens (including phenoxy) is 1. The number of benzene rings is 1. The highest BCUT2D eigenvalue weighted by atomic mass is 19.3. The number of likely N-dealkylation sites (tertiary alicyclic amines) is 1. The Hall–Kier alpha value is -1.75. The molecule has 1 fully saturated rings. The third-order valence-electron chi connectivity index (χ3n) is 3.33. The Morgan fingerprint density at radius 3 is 2.70 bits per heavy atom. The number of nitrogens with zero attached hydrogens (tertiary/aromatic N) is 1. The van der Waals surface area contributed by atoms with E-state index in [-0.39, 0.29) is 18.5 Å². The van der Waals surface area contributed by atoms with Crippen LogP contribution in [0.3, 0.4) is 0 Å². The number of hydrogen-bond donors (Lipinski definition) is 0. The molecule has 1 aliphatic heterocycles. The Kier molecular flexibility index (Phi) is 4.49. The largest absolute Gasteiger partial charge is 0.466 e. The van der Waals surface area contributed by atoms with Crippen LogP contribution in [-0.2, 0) is 16.1 Å². The number of rotatable bonds is 3. The molecule has 0 bridgehead atoms. The number of carbonyl (C=O) groups is 1. The second-order valence-corrected chi connectivity index (χ2v) is 4.84. The third-order valence-corrected chi connectivity index (χ3v) is 3.33. The number of alkyl halides is 2. The first-order valence-electron chi connectivity index (χ1n) is 6.44. The van der Waals surface area contributed by atoms with E-state index in [0.29, 0.717) is 13.1 Å². The van der Waals surface area contributed by atoms with E-state index >= 15 is 0 Å². The second-order valence-electron chi connectivity index (χ2n) is 4.84. The van der Waals surface area contributed by atoms with E-state index < -0.39 is 11.9 Å². The summed E-state index contributed by atoms with van der Waals surface area (Å²) in [6, 6.07) is 9.50. The number of hydrogen-bond acceptors (Lipinski definition) is 3. The van der Waals surface area contributed by atoms with Crippen molar-refractivity contribution in [3.8, 4) is 0 Å². The van der Waals surface area contributed by atoms with Crippen LogP contribution >= 0.6 is 0 Å². The lowest BCUT2D eigenvalue weighted by molar-refractivity contribution is -0.135. The van der Waals surface area contributed by atoms with Gasteiger partial charge >= 0.3 is 5.97 Å². The molecule has 108 valence electrons. The quantitative estimate of drug-likeness (QED) is 0.630. The second kappa shape index (κ2) is 6.13. The minimum Gasteiger partial charge on any atom is -0.466 e. The fraction of sp³-hybridized carbons (Fsp3) is 0.400. The zero-order valence-electron chi connectivity index (χ0n) is 11.3. The minimum absolute atomic E-state index is 0.145. The highest BCUT2D eigenvalue weighted by Gasteiger charge is 2.40. The molecule has 1 aliphatic rings. The molecular formula is C15H17F2NO2. The molecule has 20 heavy (non-hydrogen) atoms. The zero-order chi connectivity index (χ0) is 14.6. The van der Waals surface area contributed by atoms with E-state index in [9.17, 15) is 13.6 Å². The standard InChI is InChI=1S/C15H17F2NO2/c1-20-14(19)9-13-7-8-18(11-15(13,16)17)10-12-5-3-2-4-6-12/h2-6,9H,7-8,10-11H2,1H3. The first-order chi connectivity index (χ1) is 9.51. The molecule has 0 radical (unpaired) electrons. The smallest absolute Gasteiger partial charge is 0.330 e. The topological polar surface area (TPSA) is 29.5 Å². The van der Waals surface area contributed by atoms with E-state index in [2.05, 4.69) is 4.74 Å². The Bertz CT molecular complexity index is 500. The van der Waals surface area contributed by atoms with Gasteiger partial charge in [-0.05, 0) is 12.0 Å². The van der Waals surface area contributed by atoms with E-state index in [0.717, 1.165) is 11.6 Å². The Labute approximate surface area is 116 Å². The average molecular weight is 281 g/mol. The maximum Gasteiger partial charge on any atom is 0.330 e. The number of carbonyl (C=O) groups excluding carboxylic acids is 1. The molecule has 3 nitrogen and oxygen atoms in total. The number of piperidine rings is 1. The fourth-order valence-electron chi connectivity index (χ4n) is 2.28. The SMILES string of the molecule is COC(=O)C=C1CCN(Cc2ccccc2)CC1(F)F. The predicted molar refractivity (Wildman–Crippen MR) is 71.4 cm³/mol. The van der Waals surface area contributed by atoms with Gasteiger partial charge in [-0.1, -0.05) is 30.3 Å². The van der Waals surface area contributed by atoms with Crippen molar-refractivity contribution < 1.29 is 18.3 Å². The molecule has 0 atom stereocenters. The van der Waals surface area contributed by atoms with Crippen molar-refractivity contribution in [2.75, 3.05) is 20.2 Å². The highest BCUT2D eigenvalue weighted by Crippen LogP contribution is 2.32. The van der Waals surface area contributed by atoms with Gasteiger partial charge in [0.1, 0.15) is 0 Å². The van der Waals surface area contributed by atoms with Gasteiger partial charge in [-0.25, -0.2) is 13.6 Å². The summed E-state index contributed by atoms with van der Waals surface area (Å²) in [7, 11) is 1.18. The summed E-state index contributed by atoms with van der Waals surface area (Å²) in [4.78, 5) is 12.8. The van der Waals surface area contributed by atoms with Gasteiger partial charge in [0.2, 0.25) is 0 Å². The molecule has 0 spiro atoms. The summed E-state index contributed by atoms with van der Waals surface area (Å²) in [5.74, 6) is -3.71. The summed E-state index contributed by atoms with van der Waals surface area (Å²) in [6.45, 7) is 0.625. The molecule has 2 rings (SSSR count). The molecule has 0 aromatic heterocycles. The molecule has 1 saturated heterocycles. The molecule has 1 aromatic carbocycles. The first-order valence-corrected chi connectivity index (χ1v) is 6.44. The van der Waals surface area contributed by atoms with E-state index in [4.69, 9.17) is 0 Å². The Morgan fingerprint density at radius 1 is 1.40 bits per heavy atom. The number of halogens is 2. The molecule has 1 heterocycles. The lowest BCUT2D eigenvalue weighted by Gasteiger charge is -2.34. The van der Waals surface area contributed by atoms with Crippen LogP contribution in [0.4, 0.5) is 8.78 Å². The van der Waals surface area contributed by atoms with Crippen LogP contribution in [-0.4, -0.2) is 37.0 Å². The van der Waals surface area contributed by atoms with Crippen molar-refractivity contribution in [2.24, 2.45) is 0 Å². The number of methoxy groups -OCH3 is 1. The van der Waals surface area contributed by atoms with Gasteiger partial charge in [0.15, 0.2) is 0 Å². The van der Waals surface area contributed by atoms with Crippen molar-refractivity contribution in [3.63, 3.8) is 0 Å². The van der Waals surface area contributed by atoms with Crippen molar-refractivity contribution in [3.05, 3.63) is 47.5 Å². The van der Waals surface area contributed by atoms with Crippen LogP contribution in [0.5, 0.6) is 0 Å². The molecule has 0 saturated carbocycles. The summed E-state index contributed by atoms with van der Waals surface area (Å²) in [6.07, 6.45) is 1.09. The Morgan fingerprint density at radius 2 is 2.10 bits per heavy atom. The minimum atomic E-state index is -2.98. The van der Waals surface area contributed by atoms with Gasteiger partial charge in [-0.2, -0.15) is 0 Å². The summed E-state index contributed by atoms with van der Waals surface area (Å²) in [5, 5.41) is 0.